The Bertz CT molecular complexity index is 580. The number of hydrogen-bond donors (Lipinski definition) is 1. The first-order valence-corrected chi connectivity index (χ1v) is 8.19. The minimum absolute atomic E-state index is 0.156. The molecule has 1 aromatic heterocycles. The van der Waals surface area contributed by atoms with Gasteiger partial charge in [0.2, 0.25) is 0 Å². The van der Waals surface area contributed by atoms with E-state index in [1.54, 1.807) is 0 Å². The maximum absolute atomic E-state index is 12.1. The summed E-state index contributed by atoms with van der Waals surface area (Å²) in [5, 5.41) is 6.22. The molecule has 0 aliphatic rings. The molecule has 100 valence electrons. The summed E-state index contributed by atoms with van der Waals surface area (Å²) < 4.78 is 0. The molecule has 1 heterocycles. The Balaban J connectivity index is 2.08. The SMILES string of the molecule is Cc1csc(C(=O)Nc2ccc(CCBr)cc2)c1Cl. The van der Waals surface area contributed by atoms with Gasteiger partial charge in [-0.15, -0.1) is 11.3 Å². The summed E-state index contributed by atoms with van der Waals surface area (Å²) in [7, 11) is 0. The van der Waals surface area contributed by atoms with Gasteiger partial charge in [-0.05, 0) is 42.0 Å². The smallest absolute Gasteiger partial charge is 0.267 e. The van der Waals surface area contributed by atoms with Crippen LogP contribution in [0.2, 0.25) is 5.02 Å². The van der Waals surface area contributed by atoms with Gasteiger partial charge >= 0.3 is 0 Å². The Kier molecular flexibility index (Phi) is 5.02. The van der Waals surface area contributed by atoms with E-state index in [1.165, 1.54) is 16.9 Å². The van der Waals surface area contributed by atoms with Crippen LogP contribution in [0.1, 0.15) is 20.8 Å². The van der Waals surface area contributed by atoms with Gasteiger partial charge in [0.1, 0.15) is 4.88 Å². The molecule has 2 aromatic rings. The summed E-state index contributed by atoms with van der Waals surface area (Å²) in [5.74, 6) is -0.156. The molecule has 0 aliphatic carbocycles. The number of carbonyl (C=O) groups excluding carboxylic acids is 1. The van der Waals surface area contributed by atoms with Crippen LogP contribution in [0, 0.1) is 6.92 Å². The number of halogens is 2. The first-order valence-electron chi connectivity index (χ1n) is 5.81. The van der Waals surface area contributed by atoms with Crippen molar-refractivity contribution in [3.63, 3.8) is 0 Å². The Hall–Kier alpha value is -0.840. The van der Waals surface area contributed by atoms with E-state index in [0.717, 1.165) is 23.0 Å². The van der Waals surface area contributed by atoms with Crippen LogP contribution < -0.4 is 5.32 Å². The predicted octanol–water partition coefficient (Wildman–Crippen LogP) is 4.90. The number of hydrogen-bond acceptors (Lipinski definition) is 2. The number of benzene rings is 1. The van der Waals surface area contributed by atoms with Crippen LogP contribution in [-0.2, 0) is 6.42 Å². The zero-order valence-electron chi connectivity index (χ0n) is 10.4. The maximum Gasteiger partial charge on any atom is 0.267 e. The zero-order chi connectivity index (χ0) is 13.8. The lowest BCUT2D eigenvalue weighted by Crippen LogP contribution is -2.10. The normalized spacial score (nSPS) is 10.5. The molecule has 2 nitrogen and oxygen atoms in total. The zero-order valence-corrected chi connectivity index (χ0v) is 13.5. The average Bonchev–Trinajstić information content (AvgIpc) is 2.73. The maximum atomic E-state index is 12.1. The van der Waals surface area contributed by atoms with E-state index in [2.05, 4.69) is 21.2 Å². The minimum atomic E-state index is -0.156. The largest absolute Gasteiger partial charge is 0.321 e. The first kappa shape index (κ1) is 14.6. The van der Waals surface area contributed by atoms with Crippen molar-refractivity contribution in [1.29, 1.82) is 0 Å². The molecule has 0 saturated carbocycles. The van der Waals surface area contributed by atoms with Crippen LogP contribution in [0.5, 0.6) is 0 Å². The standard InChI is InChI=1S/C14H13BrClNOS/c1-9-8-19-13(12(9)16)14(18)17-11-4-2-10(3-5-11)6-7-15/h2-5,8H,6-7H2,1H3,(H,17,18). The van der Waals surface area contributed by atoms with Gasteiger partial charge in [-0.3, -0.25) is 4.79 Å². The van der Waals surface area contributed by atoms with Crippen molar-refractivity contribution in [2.75, 3.05) is 10.6 Å². The molecule has 0 bridgehead atoms. The third kappa shape index (κ3) is 3.59. The molecule has 0 fully saturated rings. The molecule has 2 rings (SSSR count). The number of rotatable bonds is 4. The summed E-state index contributed by atoms with van der Waals surface area (Å²) in [6.45, 7) is 1.89. The summed E-state index contributed by atoms with van der Waals surface area (Å²) >= 11 is 10.8. The van der Waals surface area contributed by atoms with E-state index in [9.17, 15) is 4.79 Å². The highest BCUT2D eigenvalue weighted by molar-refractivity contribution is 9.09. The van der Waals surface area contributed by atoms with Crippen molar-refractivity contribution in [2.45, 2.75) is 13.3 Å². The first-order chi connectivity index (χ1) is 9.11. The second-order valence-electron chi connectivity index (χ2n) is 4.15. The van der Waals surface area contributed by atoms with Crippen LogP contribution in [-0.4, -0.2) is 11.2 Å². The highest BCUT2D eigenvalue weighted by Crippen LogP contribution is 2.27. The second-order valence-corrected chi connectivity index (χ2v) is 6.20. The number of aryl methyl sites for hydroxylation is 2. The molecular formula is C14H13BrClNOS. The molecule has 1 N–H and O–H groups in total. The van der Waals surface area contributed by atoms with Crippen LogP contribution in [0.25, 0.3) is 0 Å². The lowest BCUT2D eigenvalue weighted by molar-refractivity contribution is 0.103. The molecule has 0 radical (unpaired) electrons. The fraction of sp³-hybridized carbons (Fsp3) is 0.214. The van der Waals surface area contributed by atoms with Crippen molar-refractivity contribution >= 4 is 50.5 Å². The van der Waals surface area contributed by atoms with Crippen molar-refractivity contribution in [3.05, 3.63) is 50.7 Å². The van der Waals surface area contributed by atoms with E-state index < -0.39 is 0 Å². The van der Waals surface area contributed by atoms with Crippen molar-refractivity contribution in [2.24, 2.45) is 0 Å². The Labute approximate surface area is 129 Å². The van der Waals surface area contributed by atoms with Gasteiger partial charge in [0.05, 0.1) is 5.02 Å². The number of nitrogens with one attached hydrogen (secondary N) is 1. The summed E-state index contributed by atoms with van der Waals surface area (Å²) in [6.07, 6.45) is 0.976. The Morgan fingerprint density at radius 2 is 2.05 bits per heavy atom. The molecule has 0 atom stereocenters. The Morgan fingerprint density at radius 3 is 2.58 bits per heavy atom. The van der Waals surface area contributed by atoms with Crippen LogP contribution in [0.3, 0.4) is 0 Å². The number of thiophene rings is 1. The van der Waals surface area contributed by atoms with Crippen LogP contribution >= 0.6 is 38.9 Å². The highest BCUT2D eigenvalue weighted by atomic mass is 79.9. The average molecular weight is 359 g/mol. The van der Waals surface area contributed by atoms with Gasteiger partial charge < -0.3 is 5.32 Å². The predicted molar refractivity (Wildman–Crippen MR) is 86.0 cm³/mol. The fourth-order valence-corrected chi connectivity index (χ4v) is 3.27. The van der Waals surface area contributed by atoms with Gasteiger partial charge in [-0.25, -0.2) is 0 Å². The quantitative estimate of drug-likeness (QED) is 0.774. The number of amides is 1. The molecule has 5 heteroatoms. The third-order valence-corrected chi connectivity index (χ3v) is 4.79. The third-order valence-electron chi connectivity index (χ3n) is 2.70. The van der Waals surface area contributed by atoms with E-state index >= 15 is 0 Å². The van der Waals surface area contributed by atoms with E-state index in [4.69, 9.17) is 11.6 Å². The van der Waals surface area contributed by atoms with Crippen molar-refractivity contribution in [3.8, 4) is 0 Å². The molecule has 0 unspecified atom stereocenters. The molecule has 0 spiro atoms. The molecular weight excluding hydrogens is 346 g/mol. The topological polar surface area (TPSA) is 29.1 Å². The van der Waals surface area contributed by atoms with Crippen molar-refractivity contribution in [1.82, 2.24) is 0 Å². The van der Waals surface area contributed by atoms with Crippen LogP contribution in [0.15, 0.2) is 29.6 Å². The second kappa shape index (κ2) is 6.55. The Morgan fingerprint density at radius 1 is 1.37 bits per heavy atom. The van der Waals surface area contributed by atoms with Gasteiger partial charge in [-0.2, -0.15) is 0 Å². The van der Waals surface area contributed by atoms with Crippen molar-refractivity contribution < 1.29 is 4.79 Å². The lowest BCUT2D eigenvalue weighted by Gasteiger charge is -2.05. The summed E-state index contributed by atoms with van der Waals surface area (Å²) in [5.41, 5.74) is 2.95. The van der Waals surface area contributed by atoms with Gasteiger partial charge in [-0.1, -0.05) is 39.7 Å². The summed E-state index contributed by atoms with van der Waals surface area (Å²) in [4.78, 5) is 12.6. The van der Waals surface area contributed by atoms with Gasteiger partial charge in [0.25, 0.3) is 5.91 Å². The lowest BCUT2D eigenvalue weighted by atomic mass is 10.1. The fourth-order valence-electron chi connectivity index (χ4n) is 1.63. The number of alkyl halides is 1. The minimum Gasteiger partial charge on any atom is -0.321 e. The van der Waals surface area contributed by atoms with E-state index in [-0.39, 0.29) is 5.91 Å². The summed E-state index contributed by atoms with van der Waals surface area (Å²) in [6, 6.07) is 7.84. The molecule has 0 saturated heterocycles. The molecule has 1 amide bonds. The highest BCUT2D eigenvalue weighted by Gasteiger charge is 2.14. The monoisotopic (exact) mass is 357 g/mol. The molecule has 0 aliphatic heterocycles. The number of carbonyl (C=O) groups is 1. The van der Waals surface area contributed by atoms with Gasteiger partial charge in [0, 0.05) is 11.0 Å². The number of anilines is 1. The van der Waals surface area contributed by atoms with Crippen LogP contribution in [0.4, 0.5) is 5.69 Å². The van der Waals surface area contributed by atoms with E-state index in [0.29, 0.717) is 9.90 Å². The molecule has 1 aromatic carbocycles. The van der Waals surface area contributed by atoms with Gasteiger partial charge in [0.15, 0.2) is 0 Å². The molecule has 19 heavy (non-hydrogen) atoms. The van der Waals surface area contributed by atoms with E-state index in [1.807, 2.05) is 36.6 Å².